The molecular formula is C4H11N3O2. The summed E-state index contributed by atoms with van der Waals surface area (Å²) < 4.78 is 4.28. The molecule has 0 heterocycles. The number of hydrogen-bond acceptors (Lipinski definition) is 4. The Morgan fingerprint density at radius 1 is 1.67 bits per heavy atom. The number of primary amides is 1. The van der Waals surface area contributed by atoms with Crippen LogP contribution in [-0.2, 0) is 4.74 Å². The Morgan fingerprint density at radius 2 is 2.11 bits per heavy atom. The number of ether oxygens (including phenoxy) is 1. The molecule has 0 aliphatic carbocycles. The highest BCUT2D eigenvalue weighted by Crippen LogP contribution is 1.97. The zero-order valence-electron chi connectivity index (χ0n) is 5.26. The average Bonchev–Trinajstić information content (AvgIpc) is 1.63. The molecule has 54 valence electrons. The Bertz CT molecular complexity index is 112. The lowest BCUT2D eigenvalue weighted by molar-refractivity contribution is 0.0234. The van der Waals surface area contributed by atoms with Crippen LogP contribution in [0.4, 0.5) is 4.79 Å². The van der Waals surface area contributed by atoms with Crippen molar-refractivity contribution < 1.29 is 9.53 Å². The largest absolute Gasteiger partial charge is 0.415 e. The van der Waals surface area contributed by atoms with Crippen LogP contribution in [0.2, 0.25) is 0 Å². The maximum absolute atomic E-state index is 10.0. The molecule has 0 unspecified atom stereocenters. The van der Waals surface area contributed by atoms with Gasteiger partial charge in [-0.25, -0.2) is 4.79 Å². The normalized spacial score (nSPS) is 11.0. The van der Waals surface area contributed by atoms with Crippen LogP contribution in [-0.4, -0.2) is 11.9 Å². The molecule has 0 aromatic heterocycles. The van der Waals surface area contributed by atoms with Gasteiger partial charge in [0.2, 0.25) is 5.85 Å². The van der Waals surface area contributed by atoms with E-state index in [9.17, 15) is 4.79 Å². The zero-order chi connectivity index (χ0) is 7.49. The first-order chi connectivity index (χ1) is 3.98. The van der Waals surface area contributed by atoms with E-state index in [1.807, 2.05) is 0 Å². The minimum atomic E-state index is -1.41. The summed E-state index contributed by atoms with van der Waals surface area (Å²) >= 11 is 0. The predicted molar refractivity (Wildman–Crippen MR) is 32.1 cm³/mol. The fourth-order valence-corrected chi connectivity index (χ4v) is 0.259. The van der Waals surface area contributed by atoms with Crippen LogP contribution >= 0.6 is 0 Å². The van der Waals surface area contributed by atoms with Crippen LogP contribution in [0.25, 0.3) is 0 Å². The van der Waals surface area contributed by atoms with Gasteiger partial charge in [0, 0.05) is 6.42 Å². The second-order valence-corrected chi connectivity index (χ2v) is 1.73. The summed E-state index contributed by atoms with van der Waals surface area (Å²) in [6, 6.07) is 0. The SMILES string of the molecule is CCC(N)(N)OC(N)=O. The number of nitrogens with two attached hydrogens (primary N) is 3. The first-order valence-corrected chi connectivity index (χ1v) is 2.54. The van der Waals surface area contributed by atoms with Crippen LogP contribution in [0.5, 0.6) is 0 Å². The van der Waals surface area contributed by atoms with Gasteiger partial charge in [-0.2, -0.15) is 0 Å². The van der Waals surface area contributed by atoms with E-state index in [4.69, 9.17) is 11.5 Å². The van der Waals surface area contributed by atoms with Crippen LogP contribution in [0.1, 0.15) is 13.3 Å². The molecule has 0 atom stereocenters. The lowest BCUT2D eigenvalue weighted by atomic mass is 10.3. The van der Waals surface area contributed by atoms with Gasteiger partial charge in [-0.15, -0.1) is 0 Å². The minimum Gasteiger partial charge on any atom is -0.415 e. The summed E-state index contributed by atoms with van der Waals surface area (Å²) in [4.78, 5) is 10.0. The first-order valence-electron chi connectivity index (χ1n) is 2.54. The average molecular weight is 133 g/mol. The fourth-order valence-electron chi connectivity index (χ4n) is 0.259. The van der Waals surface area contributed by atoms with Crippen LogP contribution < -0.4 is 17.2 Å². The van der Waals surface area contributed by atoms with E-state index in [1.165, 1.54) is 0 Å². The molecule has 0 aliphatic rings. The zero-order valence-corrected chi connectivity index (χ0v) is 5.26. The van der Waals surface area contributed by atoms with Gasteiger partial charge in [-0.3, -0.25) is 11.5 Å². The van der Waals surface area contributed by atoms with Gasteiger partial charge >= 0.3 is 6.09 Å². The first kappa shape index (κ1) is 8.19. The molecule has 0 saturated carbocycles. The Kier molecular flexibility index (Phi) is 2.41. The molecule has 9 heavy (non-hydrogen) atoms. The Balaban J connectivity index is 3.71. The molecule has 0 spiro atoms. The number of amides is 1. The number of rotatable bonds is 2. The molecule has 6 N–H and O–H groups in total. The number of hydrogen-bond donors (Lipinski definition) is 3. The monoisotopic (exact) mass is 133 g/mol. The molecule has 0 aliphatic heterocycles. The van der Waals surface area contributed by atoms with Gasteiger partial charge in [0.05, 0.1) is 0 Å². The molecular weight excluding hydrogens is 122 g/mol. The second-order valence-electron chi connectivity index (χ2n) is 1.73. The summed E-state index contributed by atoms with van der Waals surface area (Å²) in [5.41, 5.74) is 15.0. The van der Waals surface area contributed by atoms with Gasteiger partial charge < -0.3 is 10.5 Å². The highest BCUT2D eigenvalue weighted by atomic mass is 16.6. The second kappa shape index (κ2) is 2.65. The number of carbonyl (C=O) groups excluding carboxylic acids is 1. The third-order valence-electron chi connectivity index (χ3n) is 0.843. The summed E-state index contributed by atoms with van der Waals surface area (Å²) in [5, 5.41) is 0. The summed E-state index contributed by atoms with van der Waals surface area (Å²) in [6.45, 7) is 1.68. The molecule has 0 aromatic rings. The quantitative estimate of drug-likeness (QED) is 0.423. The maximum atomic E-state index is 10.0. The summed E-state index contributed by atoms with van der Waals surface area (Å²) in [6.07, 6.45) is -0.627. The van der Waals surface area contributed by atoms with Crippen molar-refractivity contribution in [3.8, 4) is 0 Å². The Labute approximate surface area is 53.1 Å². The van der Waals surface area contributed by atoms with E-state index >= 15 is 0 Å². The van der Waals surface area contributed by atoms with Crippen LogP contribution in [0.15, 0.2) is 0 Å². The van der Waals surface area contributed by atoms with E-state index in [0.717, 1.165) is 0 Å². The molecule has 0 saturated heterocycles. The Hall–Kier alpha value is -0.810. The molecule has 0 fully saturated rings. The lowest BCUT2D eigenvalue weighted by Crippen LogP contribution is -2.53. The number of carbonyl (C=O) groups is 1. The standard InChI is InChI=1S/C4H11N3O2/c1-2-4(6,7)9-3(5)8/h2,6-7H2,1H3,(H2,5,8). The van der Waals surface area contributed by atoms with Crippen LogP contribution in [0, 0.1) is 0 Å². The van der Waals surface area contributed by atoms with Crippen molar-refractivity contribution in [3.05, 3.63) is 0 Å². The van der Waals surface area contributed by atoms with Crippen molar-refractivity contribution >= 4 is 6.09 Å². The van der Waals surface area contributed by atoms with E-state index in [0.29, 0.717) is 6.42 Å². The van der Waals surface area contributed by atoms with Crippen LogP contribution in [0.3, 0.4) is 0 Å². The van der Waals surface area contributed by atoms with Gasteiger partial charge in [0.25, 0.3) is 0 Å². The molecule has 1 amide bonds. The Morgan fingerprint density at radius 3 is 2.22 bits per heavy atom. The van der Waals surface area contributed by atoms with Crippen molar-refractivity contribution in [1.29, 1.82) is 0 Å². The smallest absolute Gasteiger partial charge is 0.407 e. The lowest BCUT2D eigenvalue weighted by Gasteiger charge is -2.20. The molecule has 0 bridgehead atoms. The summed E-state index contributed by atoms with van der Waals surface area (Å²) in [7, 11) is 0. The van der Waals surface area contributed by atoms with Gasteiger partial charge in [0.15, 0.2) is 0 Å². The molecule has 0 rings (SSSR count). The summed E-state index contributed by atoms with van der Waals surface area (Å²) in [5.74, 6) is -1.41. The van der Waals surface area contributed by atoms with Gasteiger partial charge in [-0.1, -0.05) is 6.92 Å². The third kappa shape index (κ3) is 3.75. The van der Waals surface area contributed by atoms with E-state index in [1.54, 1.807) is 6.92 Å². The predicted octanol–water partition coefficient (Wildman–Crippen LogP) is -0.937. The van der Waals surface area contributed by atoms with E-state index < -0.39 is 11.9 Å². The van der Waals surface area contributed by atoms with Crippen molar-refractivity contribution in [2.45, 2.75) is 19.2 Å². The molecule has 0 aromatic carbocycles. The maximum Gasteiger partial charge on any atom is 0.407 e. The van der Waals surface area contributed by atoms with Crippen molar-refractivity contribution in [1.82, 2.24) is 0 Å². The third-order valence-corrected chi connectivity index (χ3v) is 0.843. The molecule has 5 nitrogen and oxygen atoms in total. The van der Waals surface area contributed by atoms with E-state index in [2.05, 4.69) is 10.5 Å². The van der Waals surface area contributed by atoms with Crippen molar-refractivity contribution in [2.75, 3.05) is 0 Å². The van der Waals surface area contributed by atoms with Gasteiger partial charge in [-0.05, 0) is 0 Å². The highest BCUT2D eigenvalue weighted by Gasteiger charge is 2.19. The van der Waals surface area contributed by atoms with Crippen molar-refractivity contribution in [2.24, 2.45) is 17.2 Å². The van der Waals surface area contributed by atoms with Gasteiger partial charge in [0.1, 0.15) is 0 Å². The molecule has 5 heteroatoms. The molecule has 0 radical (unpaired) electrons. The van der Waals surface area contributed by atoms with E-state index in [-0.39, 0.29) is 0 Å². The highest BCUT2D eigenvalue weighted by molar-refractivity contribution is 5.65. The minimum absolute atomic E-state index is 0.329. The fraction of sp³-hybridized carbons (Fsp3) is 0.750. The van der Waals surface area contributed by atoms with Crippen molar-refractivity contribution in [3.63, 3.8) is 0 Å². The topological polar surface area (TPSA) is 104 Å².